The Balaban J connectivity index is 1.51. The normalized spacial score (nSPS) is 16.6. The first-order valence-electron chi connectivity index (χ1n) is 8.02. The first-order valence-corrected chi connectivity index (χ1v) is 8.02. The van der Waals surface area contributed by atoms with E-state index in [-0.39, 0.29) is 11.9 Å². The first kappa shape index (κ1) is 16.3. The molecule has 3 rings (SSSR count). The third-order valence-electron chi connectivity index (χ3n) is 3.65. The molecule has 0 radical (unpaired) electrons. The van der Waals surface area contributed by atoms with Crippen molar-refractivity contribution in [2.75, 3.05) is 25.1 Å². The van der Waals surface area contributed by atoms with Gasteiger partial charge < -0.3 is 14.8 Å². The van der Waals surface area contributed by atoms with Gasteiger partial charge in [0.15, 0.2) is 0 Å². The van der Waals surface area contributed by atoms with Crippen molar-refractivity contribution in [3.05, 3.63) is 54.6 Å². The number of hydrogen-bond donors (Lipinski definition) is 3. The molecule has 0 aliphatic carbocycles. The third-order valence-corrected chi connectivity index (χ3v) is 3.65. The van der Waals surface area contributed by atoms with Crippen LogP contribution in [0.25, 0.3) is 0 Å². The number of carbonyl (C=O) groups is 1. The maximum absolute atomic E-state index is 12.2. The Labute approximate surface area is 141 Å². The summed E-state index contributed by atoms with van der Waals surface area (Å²) in [6.07, 6.45) is 0.764. The van der Waals surface area contributed by atoms with Crippen molar-refractivity contribution >= 4 is 11.6 Å². The Bertz CT molecular complexity index is 658. The number of nitrogens with one attached hydrogen (secondary N) is 3. The Kier molecular flexibility index (Phi) is 5.65. The molecule has 0 bridgehead atoms. The summed E-state index contributed by atoms with van der Waals surface area (Å²) in [4.78, 5) is 12.2. The van der Waals surface area contributed by atoms with E-state index in [1.807, 2.05) is 54.6 Å². The molecule has 1 aliphatic heterocycles. The molecule has 24 heavy (non-hydrogen) atoms. The fourth-order valence-electron chi connectivity index (χ4n) is 2.42. The molecule has 126 valence electrons. The predicted molar refractivity (Wildman–Crippen MR) is 92.0 cm³/mol. The summed E-state index contributed by atoms with van der Waals surface area (Å²) in [5.74, 6) is 1.37. The highest BCUT2D eigenvalue weighted by Gasteiger charge is 2.22. The number of carbonyl (C=O) groups excluding carboxylic acids is 1. The number of anilines is 1. The number of amides is 1. The van der Waals surface area contributed by atoms with Crippen LogP contribution in [0, 0.1) is 0 Å². The second kappa shape index (κ2) is 8.33. The molecule has 1 fully saturated rings. The molecule has 1 unspecified atom stereocenters. The highest BCUT2D eigenvalue weighted by atomic mass is 16.5. The van der Waals surface area contributed by atoms with Crippen LogP contribution in [0.3, 0.4) is 0 Å². The van der Waals surface area contributed by atoms with E-state index >= 15 is 0 Å². The summed E-state index contributed by atoms with van der Waals surface area (Å²) < 4.78 is 11.3. The average Bonchev–Trinajstić information content (AvgIpc) is 3.16. The molecule has 1 heterocycles. The summed E-state index contributed by atoms with van der Waals surface area (Å²) >= 11 is 0. The van der Waals surface area contributed by atoms with Crippen molar-refractivity contribution in [3.8, 4) is 11.5 Å². The molecule has 6 heteroatoms. The molecular formula is C18H21N3O3. The standard InChI is InChI=1S/C18H21N3O3/c22-18(16-10-11-19-21-16)20-15-8-4-5-9-17(15)24-13-12-23-14-6-2-1-3-7-14/h1-9,16,19,21H,10-13H2,(H,20,22). The summed E-state index contributed by atoms with van der Waals surface area (Å²) in [7, 11) is 0. The van der Waals surface area contributed by atoms with E-state index in [1.54, 1.807) is 0 Å². The number of hydrazine groups is 1. The summed E-state index contributed by atoms with van der Waals surface area (Å²) in [6.45, 7) is 1.61. The molecule has 2 aromatic rings. The maximum atomic E-state index is 12.2. The predicted octanol–water partition coefficient (Wildman–Crippen LogP) is 1.95. The SMILES string of the molecule is O=C(Nc1ccccc1OCCOc1ccccc1)C1CCNN1. The molecule has 2 aromatic carbocycles. The van der Waals surface area contributed by atoms with Crippen LogP contribution in [0.15, 0.2) is 54.6 Å². The molecule has 0 spiro atoms. The van der Waals surface area contributed by atoms with Gasteiger partial charge in [-0.2, -0.15) is 0 Å². The van der Waals surface area contributed by atoms with Crippen LogP contribution in [0.4, 0.5) is 5.69 Å². The maximum Gasteiger partial charge on any atom is 0.243 e. The first-order chi connectivity index (χ1) is 11.8. The van der Waals surface area contributed by atoms with Gasteiger partial charge in [0, 0.05) is 6.54 Å². The molecule has 0 aromatic heterocycles. The zero-order valence-electron chi connectivity index (χ0n) is 13.3. The third kappa shape index (κ3) is 4.47. The molecule has 3 N–H and O–H groups in total. The Morgan fingerprint density at radius 3 is 2.58 bits per heavy atom. The second-order valence-electron chi connectivity index (χ2n) is 5.41. The summed E-state index contributed by atoms with van der Waals surface area (Å²) in [5, 5.41) is 2.90. The minimum absolute atomic E-state index is 0.0726. The second-order valence-corrected chi connectivity index (χ2v) is 5.41. The summed E-state index contributed by atoms with van der Waals surface area (Å²) in [5.41, 5.74) is 6.56. The lowest BCUT2D eigenvalue weighted by molar-refractivity contribution is -0.117. The van der Waals surface area contributed by atoms with Crippen LogP contribution in [0.2, 0.25) is 0 Å². The minimum Gasteiger partial charge on any atom is -0.490 e. The van der Waals surface area contributed by atoms with Crippen LogP contribution in [-0.2, 0) is 4.79 Å². The number of hydrogen-bond acceptors (Lipinski definition) is 5. The van der Waals surface area contributed by atoms with Crippen LogP contribution in [-0.4, -0.2) is 31.7 Å². The van der Waals surface area contributed by atoms with E-state index in [1.165, 1.54) is 0 Å². The van der Waals surface area contributed by atoms with E-state index in [4.69, 9.17) is 9.47 Å². The van der Waals surface area contributed by atoms with Gasteiger partial charge in [-0.15, -0.1) is 0 Å². The van der Waals surface area contributed by atoms with E-state index in [0.29, 0.717) is 24.7 Å². The number of benzene rings is 2. The van der Waals surface area contributed by atoms with Gasteiger partial charge >= 0.3 is 0 Å². The van der Waals surface area contributed by atoms with Crippen LogP contribution in [0.1, 0.15) is 6.42 Å². The quantitative estimate of drug-likeness (QED) is 0.678. The lowest BCUT2D eigenvalue weighted by atomic mass is 10.2. The van der Waals surface area contributed by atoms with E-state index in [0.717, 1.165) is 18.7 Å². The zero-order valence-corrected chi connectivity index (χ0v) is 13.3. The van der Waals surface area contributed by atoms with Crippen LogP contribution < -0.4 is 25.6 Å². The monoisotopic (exact) mass is 327 g/mol. The summed E-state index contributed by atoms with van der Waals surface area (Å²) in [6, 6.07) is 16.8. The van der Waals surface area contributed by atoms with Gasteiger partial charge in [-0.1, -0.05) is 30.3 Å². The molecule has 1 aliphatic rings. The van der Waals surface area contributed by atoms with E-state index < -0.39 is 0 Å². The largest absolute Gasteiger partial charge is 0.490 e. The number of para-hydroxylation sites is 3. The fourth-order valence-corrected chi connectivity index (χ4v) is 2.42. The van der Waals surface area contributed by atoms with Gasteiger partial charge in [0.1, 0.15) is 30.8 Å². The lowest BCUT2D eigenvalue weighted by Gasteiger charge is -2.15. The van der Waals surface area contributed by atoms with Gasteiger partial charge in [-0.05, 0) is 30.7 Å². The minimum atomic E-state index is -0.223. The Morgan fingerprint density at radius 1 is 1.04 bits per heavy atom. The van der Waals surface area contributed by atoms with Gasteiger partial charge in [-0.25, -0.2) is 5.43 Å². The molecular weight excluding hydrogens is 306 g/mol. The Hall–Kier alpha value is -2.57. The van der Waals surface area contributed by atoms with E-state index in [9.17, 15) is 4.79 Å². The topological polar surface area (TPSA) is 71.6 Å². The lowest BCUT2D eigenvalue weighted by Crippen LogP contribution is -2.39. The fraction of sp³-hybridized carbons (Fsp3) is 0.278. The van der Waals surface area contributed by atoms with Crippen molar-refractivity contribution < 1.29 is 14.3 Å². The van der Waals surface area contributed by atoms with Crippen molar-refractivity contribution in [1.29, 1.82) is 0 Å². The van der Waals surface area contributed by atoms with Crippen LogP contribution >= 0.6 is 0 Å². The van der Waals surface area contributed by atoms with Crippen LogP contribution in [0.5, 0.6) is 11.5 Å². The number of rotatable bonds is 7. The molecule has 0 saturated carbocycles. The van der Waals surface area contributed by atoms with E-state index in [2.05, 4.69) is 16.2 Å². The average molecular weight is 327 g/mol. The Morgan fingerprint density at radius 2 is 1.79 bits per heavy atom. The highest BCUT2D eigenvalue weighted by molar-refractivity contribution is 5.96. The van der Waals surface area contributed by atoms with Crippen molar-refractivity contribution in [1.82, 2.24) is 10.9 Å². The molecule has 1 atom stereocenters. The van der Waals surface area contributed by atoms with Crippen molar-refractivity contribution in [2.24, 2.45) is 0 Å². The van der Waals surface area contributed by atoms with Gasteiger partial charge in [0.2, 0.25) is 5.91 Å². The highest BCUT2D eigenvalue weighted by Crippen LogP contribution is 2.24. The molecule has 6 nitrogen and oxygen atoms in total. The zero-order chi connectivity index (χ0) is 16.6. The van der Waals surface area contributed by atoms with Crippen molar-refractivity contribution in [2.45, 2.75) is 12.5 Å². The van der Waals surface area contributed by atoms with Gasteiger partial charge in [0.05, 0.1) is 5.69 Å². The number of ether oxygens (including phenoxy) is 2. The molecule has 1 saturated heterocycles. The molecule has 1 amide bonds. The van der Waals surface area contributed by atoms with Crippen molar-refractivity contribution in [3.63, 3.8) is 0 Å². The van der Waals surface area contributed by atoms with Gasteiger partial charge in [-0.3, -0.25) is 10.2 Å². The smallest absolute Gasteiger partial charge is 0.243 e. The van der Waals surface area contributed by atoms with Gasteiger partial charge in [0.25, 0.3) is 0 Å².